The van der Waals surface area contributed by atoms with E-state index in [1.807, 2.05) is 18.2 Å². The minimum Gasteiger partial charge on any atom is -0.497 e. The standard InChI is InChI=1S/C20H21N3O4S/c1-4-18(24)23-20-22-16-6-5-12(7-17(16)28-20)8-19(25)21-13-9-14(26-2)11-15(10-13)27-3/h5-7,9-11H,4,8H2,1-3H3,(H,21,25)(H,22,23,24). The van der Waals surface area contributed by atoms with Crippen molar-refractivity contribution in [2.24, 2.45) is 0 Å². The van der Waals surface area contributed by atoms with Crippen LogP contribution in [0.3, 0.4) is 0 Å². The second-order valence-corrected chi connectivity index (χ2v) is 7.08. The van der Waals surface area contributed by atoms with Crippen molar-refractivity contribution in [1.82, 2.24) is 4.98 Å². The van der Waals surface area contributed by atoms with E-state index < -0.39 is 0 Å². The quantitative estimate of drug-likeness (QED) is 0.630. The third-order valence-corrected chi connectivity index (χ3v) is 4.95. The summed E-state index contributed by atoms with van der Waals surface area (Å²) >= 11 is 1.39. The topological polar surface area (TPSA) is 89.6 Å². The van der Waals surface area contributed by atoms with E-state index in [1.54, 1.807) is 39.3 Å². The van der Waals surface area contributed by atoms with Gasteiger partial charge < -0.3 is 20.1 Å². The van der Waals surface area contributed by atoms with Crippen molar-refractivity contribution >= 4 is 44.2 Å². The first kappa shape index (κ1) is 19.6. The fourth-order valence-corrected chi connectivity index (χ4v) is 3.56. The number of nitrogens with zero attached hydrogens (tertiary/aromatic N) is 1. The third-order valence-electron chi connectivity index (χ3n) is 4.02. The van der Waals surface area contributed by atoms with E-state index in [9.17, 15) is 9.59 Å². The van der Waals surface area contributed by atoms with Gasteiger partial charge in [-0.15, -0.1) is 0 Å². The lowest BCUT2D eigenvalue weighted by molar-refractivity contribution is -0.116. The molecule has 0 aliphatic rings. The van der Waals surface area contributed by atoms with E-state index in [-0.39, 0.29) is 18.2 Å². The number of aromatic nitrogens is 1. The number of hydrogen-bond acceptors (Lipinski definition) is 6. The molecule has 0 saturated carbocycles. The summed E-state index contributed by atoms with van der Waals surface area (Å²) in [6.07, 6.45) is 0.612. The van der Waals surface area contributed by atoms with E-state index in [1.165, 1.54) is 11.3 Å². The maximum absolute atomic E-state index is 12.4. The monoisotopic (exact) mass is 399 g/mol. The molecule has 3 rings (SSSR count). The van der Waals surface area contributed by atoms with Crippen LogP contribution in [0.4, 0.5) is 10.8 Å². The fourth-order valence-electron chi connectivity index (χ4n) is 2.61. The average Bonchev–Trinajstić information content (AvgIpc) is 3.08. The number of ether oxygens (including phenoxy) is 2. The molecule has 0 unspecified atom stereocenters. The Morgan fingerprint density at radius 1 is 1.00 bits per heavy atom. The zero-order chi connectivity index (χ0) is 20.1. The summed E-state index contributed by atoms with van der Waals surface area (Å²) in [7, 11) is 3.11. The second kappa shape index (κ2) is 8.71. The highest BCUT2D eigenvalue weighted by Crippen LogP contribution is 2.28. The molecule has 2 amide bonds. The predicted molar refractivity (Wildman–Crippen MR) is 110 cm³/mol. The predicted octanol–water partition coefficient (Wildman–Crippen LogP) is 3.84. The van der Waals surface area contributed by atoms with Crippen LogP contribution in [0, 0.1) is 0 Å². The summed E-state index contributed by atoms with van der Waals surface area (Å²) in [6, 6.07) is 10.8. The highest BCUT2D eigenvalue weighted by Gasteiger charge is 2.10. The first-order valence-corrected chi connectivity index (χ1v) is 9.54. The Kier molecular flexibility index (Phi) is 6.10. The lowest BCUT2D eigenvalue weighted by atomic mass is 10.1. The first-order valence-electron chi connectivity index (χ1n) is 8.73. The largest absolute Gasteiger partial charge is 0.497 e. The van der Waals surface area contributed by atoms with Gasteiger partial charge in [-0.1, -0.05) is 24.3 Å². The molecular formula is C20H21N3O4S. The van der Waals surface area contributed by atoms with Gasteiger partial charge in [-0.05, 0) is 17.7 Å². The Morgan fingerprint density at radius 3 is 2.36 bits per heavy atom. The first-order chi connectivity index (χ1) is 13.5. The summed E-state index contributed by atoms with van der Waals surface area (Å²) in [5, 5.41) is 6.18. The minimum absolute atomic E-state index is 0.0765. The van der Waals surface area contributed by atoms with Crippen LogP contribution in [0.15, 0.2) is 36.4 Å². The van der Waals surface area contributed by atoms with Gasteiger partial charge >= 0.3 is 0 Å². The van der Waals surface area contributed by atoms with Gasteiger partial charge in [-0.3, -0.25) is 9.59 Å². The number of thiazole rings is 1. The Bertz CT molecular complexity index is 994. The van der Waals surface area contributed by atoms with Crippen molar-refractivity contribution in [2.75, 3.05) is 24.9 Å². The van der Waals surface area contributed by atoms with Crippen molar-refractivity contribution in [3.8, 4) is 11.5 Å². The van der Waals surface area contributed by atoms with Crippen molar-refractivity contribution in [3.05, 3.63) is 42.0 Å². The van der Waals surface area contributed by atoms with Gasteiger partial charge in [0, 0.05) is 30.3 Å². The average molecular weight is 399 g/mol. The molecule has 8 heteroatoms. The molecule has 2 aromatic carbocycles. The smallest absolute Gasteiger partial charge is 0.228 e. The van der Waals surface area contributed by atoms with E-state index in [0.717, 1.165) is 15.8 Å². The van der Waals surface area contributed by atoms with Crippen LogP contribution in [0.25, 0.3) is 10.2 Å². The Balaban J connectivity index is 1.71. The fraction of sp³-hybridized carbons (Fsp3) is 0.250. The molecule has 0 radical (unpaired) electrons. The lowest BCUT2D eigenvalue weighted by Crippen LogP contribution is -2.14. The third kappa shape index (κ3) is 4.77. The number of hydrogen-bond donors (Lipinski definition) is 2. The number of anilines is 2. The van der Waals surface area contributed by atoms with Crippen molar-refractivity contribution < 1.29 is 19.1 Å². The molecule has 7 nitrogen and oxygen atoms in total. The van der Waals surface area contributed by atoms with Crippen LogP contribution in [0.1, 0.15) is 18.9 Å². The van der Waals surface area contributed by atoms with Crippen LogP contribution >= 0.6 is 11.3 Å². The molecule has 3 aromatic rings. The zero-order valence-electron chi connectivity index (χ0n) is 15.9. The highest BCUT2D eigenvalue weighted by molar-refractivity contribution is 7.22. The summed E-state index contributed by atoms with van der Waals surface area (Å²) in [4.78, 5) is 28.4. The minimum atomic E-state index is -0.154. The van der Waals surface area contributed by atoms with E-state index >= 15 is 0 Å². The molecule has 0 atom stereocenters. The maximum atomic E-state index is 12.4. The number of nitrogens with one attached hydrogen (secondary N) is 2. The molecular weight excluding hydrogens is 378 g/mol. The Hall–Kier alpha value is -3.13. The van der Waals surface area contributed by atoms with Crippen LogP contribution in [-0.2, 0) is 16.0 Å². The molecule has 0 fully saturated rings. The van der Waals surface area contributed by atoms with E-state index in [4.69, 9.17) is 9.47 Å². The van der Waals surface area contributed by atoms with Crippen LogP contribution in [0.5, 0.6) is 11.5 Å². The van der Waals surface area contributed by atoms with Gasteiger partial charge in [0.2, 0.25) is 11.8 Å². The van der Waals surface area contributed by atoms with E-state index in [0.29, 0.717) is 28.7 Å². The number of rotatable bonds is 7. The van der Waals surface area contributed by atoms with E-state index in [2.05, 4.69) is 15.6 Å². The number of carbonyl (C=O) groups excluding carboxylic acids is 2. The number of methoxy groups -OCH3 is 2. The van der Waals surface area contributed by atoms with Crippen LogP contribution in [0.2, 0.25) is 0 Å². The molecule has 0 saturated heterocycles. The zero-order valence-corrected chi connectivity index (χ0v) is 16.7. The van der Waals surface area contributed by atoms with Gasteiger partial charge in [0.1, 0.15) is 11.5 Å². The molecule has 0 aliphatic carbocycles. The molecule has 0 spiro atoms. The van der Waals surface area contributed by atoms with Gasteiger partial charge in [0.15, 0.2) is 5.13 Å². The Morgan fingerprint density at radius 2 is 1.71 bits per heavy atom. The summed E-state index contributed by atoms with van der Waals surface area (Å²) in [5.41, 5.74) is 2.25. The number of benzene rings is 2. The molecule has 28 heavy (non-hydrogen) atoms. The molecule has 1 aromatic heterocycles. The molecule has 0 aliphatic heterocycles. The van der Waals surface area contributed by atoms with Crippen molar-refractivity contribution in [1.29, 1.82) is 0 Å². The van der Waals surface area contributed by atoms with Crippen molar-refractivity contribution in [3.63, 3.8) is 0 Å². The van der Waals surface area contributed by atoms with Crippen molar-refractivity contribution in [2.45, 2.75) is 19.8 Å². The van der Waals surface area contributed by atoms with Gasteiger partial charge in [-0.25, -0.2) is 4.98 Å². The lowest BCUT2D eigenvalue weighted by Gasteiger charge is -2.10. The maximum Gasteiger partial charge on any atom is 0.228 e. The highest BCUT2D eigenvalue weighted by atomic mass is 32.1. The normalized spacial score (nSPS) is 10.5. The molecule has 2 N–H and O–H groups in total. The van der Waals surface area contributed by atoms with Gasteiger partial charge in [-0.2, -0.15) is 0 Å². The van der Waals surface area contributed by atoms with Gasteiger partial charge in [0.05, 0.1) is 30.9 Å². The van der Waals surface area contributed by atoms with Gasteiger partial charge in [0.25, 0.3) is 0 Å². The second-order valence-electron chi connectivity index (χ2n) is 6.05. The summed E-state index contributed by atoms with van der Waals surface area (Å²) in [6.45, 7) is 1.79. The van der Waals surface area contributed by atoms with Crippen LogP contribution in [-0.4, -0.2) is 31.0 Å². The summed E-state index contributed by atoms with van der Waals surface area (Å²) < 4.78 is 11.3. The molecule has 1 heterocycles. The Labute approximate surface area is 166 Å². The molecule has 146 valence electrons. The number of carbonyl (C=O) groups is 2. The number of fused-ring (bicyclic) bond motifs is 1. The summed E-state index contributed by atoms with van der Waals surface area (Å²) in [5.74, 6) is 0.968. The number of amides is 2. The SMILES string of the molecule is CCC(=O)Nc1nc2ccc(CC(=O)Nc3cc(OC)cc(OC)c3)cc2s1. The molecule has 0 bridgehead atoms. The van der Waals surface area contributed by atoms with Crippen LogP contribution < -0.4 is 20.1 Å².